The van der Waals surface area contributed by atoms with Crippen LogP contribution in [0.1, 0.15) is 12.6 Å². The van der Waals surface area contributed by atoms with E-state index in [4.69, 9.17) is 9.26 Å². The Kier molecular flexibility index (Phi) is 2.18. The molecule has 0 bridgehead atoms. The first-order valence-electron chi connectivity index (χ1n) is 4.24. The molecule has 0 unspecified atom stereocenters. The topological polar surface area (TPSA) is 52.3 Å². The molecule has 4 heteroatoms. The summed E-state index contributed by atoms with van der Waals surface area (Å²) in [7, 11) is 0. The number of esters is 1. The number of aromatic nitrogens is 1. The van der Waals surface area contributed by atoms with Crippen LogP contribution in [0.25, 0.3) is 11.0 Å². The molecule has 1 heterocycles. The average molecular weight is 191 g/mol. The molecule has 0 fully saturated rings. The lowest BCUT2D eigenvalue weighted by Crippen LogP contribution is -1.98. The van der Waals surface area contributed by atoms with E-state index in [0.29, 0.717) is 11.3 Å². The second kappa shape index (κ2) is 3.49. The van der Waals surface area contributed by atoms with Crippen molar-refractivity contribution in [2.45, 2.75) is 13.5 Å². The van der Waals surface area contributed by atoms with Gasteiger partial charge in [-0.2, -0.15) is 0 Å². The van der Waals surface area contributed by atoms with Gasteiger partial charge < -0.3 is 9.26 Å². The number of fused-ring (bicyclic) bond motifs is 1. The number of para-hydroxylation sites is 1. The molecule has 0 atom stereocenters. The first-order valence-corrected chi connectivity index (χ1v) is 4.24. The number of carbonyl (C=O) groups is 1. The second-order valence-corrected chi connectivity index (χ2v) is 2.91. The predicted octanol–water partition coefficient (Wildman–Crippen LogP) is 1.89. The van der Waals surface area contributed by atoms with Crippen molar-refractivity contribution in [2.24, 2.45) is 0 Å². The highest BCUT2D eigenvalue weighted by atomic mass is 16.5. The first-order chi connectivity index (χ1) is 6.77. The molecule has 0 aliphatic rings. The SMILES string of the molecule is CC(=O)OCc1noc2ccccc12. The Balaban J connectivity index is 2.29. The lowest BCUT2D eigenvalue weighted by atomic mass is 10.2. The molecule has 0 aliphatic heterocycles. The summed E-state index contributed by atoms with van der Waals surface area (Å²) in [5.41, 5.74) is 1.35. The molecule has 0 saturated heterocycles. The lowest BCUT2D eigenvalue weighted by Gasteiger charge is -1.96. The van der Waals surface area contributed by atoms with Gasteiger partial charge in [-0.3, -0.25) is 4.79 Å². The molecular formula is C10H9NO3. The highest BCUT2D eigenvalue weighted by Crippen LogP contribution is 2.18. The van der Waals surface area contributed by atoms with Gasteiger partial charge in [0.15, 0.2) is 5.58 Å². The van der Waals surface area contributed by atoms with E-state index in [0.717, 1.165) is 5.39 Å². The quantitative estimate of drug-likeness (QED) is 0.680. The van der Waals surface area contributed by atoms with Crippen LogP contribution >= 0.6 is 0 Å². The van der Waals surface area contributed by atoms with Crippen LogP contribution in [-0.2, 0) is 16.1 Å². The summed E-state index contributed by atoms with van der Waals surface area (Å²) in [5, 5.41) is 4.70. The van der Waals surface area contributed by atoms with Gasteiger partial charge in [-0.25, -0.2) is 0 Å². The molecule has 0 spiro atoms. The van der Waals surface area contributed by atoms with Gasteiger partial charge in [0.05, 0.1) is 0 Å². The van der Waals surface area contributed by atoms with Crippen molar-refractivity contribution in [1.82, 2.24) is 5.16 Å². The van der Waals surface area contributed by atoms with Crippen LogP contribution in [0.3, 0.4) is 0 Å². The van der Waals surface area contributed by atoms with Crippen molar-refractivity contribution < 1.29 is 14.1 Å². The third kappa shape index (κ3) is 1.59. The van der Waals surface area contributed by atoms with E-state index >= 15 is 0 Å². The van der Waals surface area contributed by atoms with Gasteiger partial charge >= 0.3 is 5.97 Å². The molecule has 72 valence electrons. The van der Waals surface area contributed by atoms with Crippen LogP contribution in [0.2, 0.25) is 0 Å². The van der Waals surface area contributed by atoms with E-state index in [1.165, 1.54) is 6.92 Å². The molecule has 1 aromatic heterocycles. The molecule has 0 aliphatic carbocycles. The first kappa shape index (κ1) is 8.74. The fourth-order valence-electron chi connectivity index (χ4n) is 1.21. The van der Waals surface area contributed by atoms with Crippen LogP contribution in [0.5, 0.6) is 0 Å². The van der Waals surface area contributed by atoms with Gasteiger partial charge in [0.2, 0.25) is 0 Å². The van der Waals surface area contributed by atoms with Crippen LogP contribution in [0.15, 0.2) is 28.8 Å². The zero-order valence-corrected chi connectivity index (χ0v) is 7.69. The van der Waals surface area contributed by atoms with E-state index in [1.54, 1.807) is 0 Å². The Bertz CT molecular complexity index is 461. The van der Waals surface area contributed by atoms with E-state index in [9.17, 15) is 4.79 Å². The minimum absolute atomic E-state index is 0.159. The number of rotatable bonds is 2. The molecule has 2 rings (SSSR count). The van der Waals surface area contributed by atoms with Crippen molar-refractivity contribution in [3.63, 3.8) is 0 Å². The van der Waals surface area contributed by atoms with E-state index in [1.807, 2.05) is 24.3 Å². The van der Waals surface area contributed by atoms with Gasteiger partial charge in [-0.05, 0) is 12.1 Å². The number of ether oxygens (including phenoxy) is 1. The van der Waals surface area contributed by atoms with E-state index < -0.39 is 0 Å². The number of hydrogen-bond acceptors (Lipinski definition) is 4. The highest BCUT2D eigenvalue weighted by Gasteiger charge is 2.07. The van der Waals surface area contributed by atoms with Gasteiger partial charge in [-0.15, -0.1) is 0 Å². The van der Waals surface area contributed by atoms with Crippen molar-refractivity contribution >= 4 is 16.9 Å². The third-order valence-electron chi connectivity index (χ3n) is 1.86. The predicted molar refractivity (Wildman–Crippen MR) is 49.5 cm³/mol. The molecule has 0 saturated carbocycles. The van der Waals surface area contributed by atoms with E-state index in [2.05, 4.69) is 5.16 Å². The van der Waals surface area contributed by atoms with Gasteiger partial charge in [-0.1, -0.05) is 17.3 Å². The minimum atomic E-state index is -0.322. The Morgan fingerprint density at radius 1 is 1.50 bits per heavy atom. The summed E-state index contributed by atoms with van der Waals surface area (Å²) < 4.78 is 9.87. The normalized spacial score (nSPS) is 10.4. The van der Waals surface area contributed by atoms with Crippen LogP contribution in [0, 0.1) is 0 Å². The standard InChI is InChI=1S/C10H9NO3/c1-7(12)13-6-9-8-4-2-3-5-10(8)14-11-9/h2-5H,6H2,1H3. The second-order valence-electron chi connectivity index (χ2n) is 2.91. The van der Waals surface area contributed by atoms with Gasteiger partial charge in [0.1, 0.15) is 12.3 Å². The fourth-order valence-corrected chi connectivity index (χ4v) is 1.21. The Labute approximate surface area is 80.4 Å². The van der Waals surface area contributed by atoms with Crippen LogP contribution in [0.4, 0.5) is 0 Å². The molecule has 1 aromatic carbocycles. The van der Waals surface area contributed by atoms with Crippen LogP contribution < -0.4 is 0 Å². The average Bonchev–Trinajstić information content (AvgIpc) is 2.58. The molecule has 0 N–H and O–H groups in total. The maximum atomic E-state index is 10.6. The number of hydrogen-bond donors (Lipinski definition) is 0. The third-order valence-corrected chi connectivity index (χ3v) is 1.86. The number of nitrogens with zero attached hydrogens (tertiary/aromatic N) is 1. The summed E-state index contributed by atoms with van der Waals surface area (Å²) in [6, 6.07) is 7.45. The summed E-state index contributed by atoms with van der Waals surface area (Å²) >= 11 is 0. The van der Waals surface area contributed by atoms with Crippen molar-refractivity contribution in [3.05, 3.63) is 30.0 Å². The van der Waals surface area contributed by atoms with Gasteiger partial charge in [0.25, 0.3) is 0 Å². The Morgan fingerprint density at radius 3 is 3.07 bits per heavy atom. The smallest absolute Gasteiger partial charge is 0.303 e. The zero-order chi connectivity index (χ0) is 9.97. The minimum Gasteiger partial charge on any atom is -0.459 e. The molecule has 0 amide bonds. The largest absolute Gasteiger partial charge is 0.459 e. The molecule has 14 heavy (non-hydrogen) atoms. The number of carbonyl (C=O) groups excluding carboxylic acids is 1. The fraction of sp³-hybridized carbons (Fsp3) is 0.200. The van der Waals surface area contributed by atoms with Crippen molar-refractivity contribution in [1.29, 1.82) is 0 Å². The zero-order valence-electron chi connectivity index (χ0n) is 7.69. The summed E-state index contributed by atoms with van der Waals surface area (Å²) in [6.45, 7) is 1.52. The Morgan fingerprint density at radius 2 is 2.29 bits per heavy atom. The lowest BCUT2D eigenvalue weighted by molar-refractivity contribution is -0.142. The Hall–Kier alpha value is -1.84. The van der Waals surface area contributed by atoms with Crippen molar-refractivity contribution in [3.8, 4) is 0 Å². The molecule has 4 nitrogen and oxygen atoms in total. The summed E-state index contributed by atoms with van der Waals surface area (Å²) in [4.78, 5) is 10.6. The maximum absolute atomic E-state index is 10.6. The highest BCUT2D eigenvalue weighted by molar-refractivity contribution is 5.79. The monoisotopic (exact) mass is 191 g/mol. The van der Waals surface area contributed by atoms with Crippen LogP contribution in [-0.4, -0.2) is 11.1 Å². The van der Waals surface area contributed by atoms with Gasteiger partial charge in [0, 0.05) is 12.3 Å². The molecular weight excluding hydrogens is 182 g/mol. The summed E-state index contributed by atoms with van der Waals surface area (Å²) in [5.74, 6) is -0.322. The summed E-state index contributed by atoms with van der Waals surface area (Å²) in [6.07, 6.45) is 0. The van der Waals surface area contributed by atoms with Crippen molar-refractivity contribution in [2.75, 3.05) is 0 Å². The number of benzene rings is 1. The maximum Gasteiger partial charge on any atom is 0.303 e. The van der Waals surface area contributed by atoms with E-state index in [-0.39, 0.29) is 12.6 Å². The molecule has 0 radical (unpaired) electrons. The molecule has 2 aromatic rings.